The lowest BCUT2D eigenvalue weighted by molar-refractivity contribution is 0.320. The van der Waals surface area contributed by atoms with E-state index in [9.17, 15) is 0 Å². The quantitative estimate of drug-likeness (QED) is 0.708. The summed E-state index contributed by atoms with van der Waals surface area (Å²) in [7, 11) is 2.19. The zero-order chi connectivity index (χ0) is 11.8. The molecule has 1 N–H and O–H groups in total. The minimum atomic E-state index is 1.04. The van der Waals surface area contributed by atoms with Crippen molar-refractivity contribution in [3.63, 3.8) is 0 Å². The summed E-state index contributed by atoms with van der Waals surface area (Å²) in [5.74, 6) is 0. The first-order chi connectivity index (χ1) is 7.74. The average molecular weight is 241 g/mol. The fourth-order valence-electron chi connectivity index (χ4n) is 1.61. The summed E-state index contributed by atoms with van der Waals surface area (Å²) in [5.41, 5.74) is 3.12. The lowest BCUT2D eigenvalue weighted by atomic mass is 10.3. The van der Waals surface area contributed by atoms with Gasteiger partial charge in [0.1, 0.15) is 0 Å². The molecule has 1 aromatic heterocycles. The molecule has 0 spiro atoms. The molecule has 0 atom stereocenters. The molecule has 1 heterocycles. The van der Waals surface area contributed by atoms with Gasteiger partial charge in [-0.05, 0) is 46.4 Å². The molecule has 0 aromatic carbocycles. The van der Waals surface area contributed by atoms with Crippen molar-refractivity contribution in [2.75, 3.05) is 26.7 Å². The van der Waals surface area contributed by atoms with E-state index in [1.54, 1.807) is 11.3 Å². The van der Waals surface area contributed by atoms with Crippen LogP contribution in [0.4, 0.5) is 0 Å². The van der Waals surface area contributed by atoms with Crippen LogP contribution in [0.25, 0.3) is 0 Å². The van der Waals surface area contributed by atoms with Crippen molar-refractivity contribution in [2.24, 2.45) is 0 Å². The molecule has 1 aromatic rings. The van der Waals surface area contributed by atoms with Crippen molar-refractivity contribution in [1.82, 2.24) is 15.2 Å². The third-order valence-electron chi connectivity index (χ3n) is 2.65. The minimum Gasteiger partial charge on any atom is -0.317 e. The van der Waals surface area contributed by atoms with Gasteiger partial charge in [0.05, 0.1) is 11.2 Å². The molecule has 92 valence electrons. The van der Waals surface area contributed by atoms with E-state index in [2.05, 4.69) is 36.1 Å². The van der Waals surface area contributed by atoms with E-state index in [0.717, 1.165) is 19.6 Å². The summed E-state index contributed by atoms with van der Waals surface area (Å²) >= 11 is 1.76. The molecular formula is C12H23N3S. The predicted octanol–water partition coefficient (Wildman–Crippen LogP) is 2.27. The molecule has 0 saturated heterocycles. The van der Waals surface area contributed by atoms with Crippen LogP contribution in [0.5, 0.6) is 0 Å². The molecule has 0 amide bonds. The van der Waals surface area contributed by atoms with Crippen molar-refractivity contribution in [3.05, 3.63) is 16.1 Å². The third kappa shape index (κ3) is 5.05. The second-order valence-electron chi connectivity index (χ2n) is 4.16. The van der Waals surface area contributed by atoms with E-state index >= 15 is 0 Å². The van der Waals surface area contributed by atoms with Crippen LogP contribution in [0.15, 0.2) is 5.51 Å². The molecule has 1 rings (SSSR count). The standard InChI is InChI=1S/C12H23N3S/c1-4-13-7-5-6-8-15(3)9-12-11(2)14-10-16-12/h10,13H,4-9H2,1-3H3. The van der Waals surface area contributed by atoms with Crippen LogP contribution >= 0.6 is 11.3 Å². The highest BCUT2D eigenvalue weighted by Crippen LogP contribution is 2.14. The first-order valence-electron chi connectivity index (χ1n) is 6.02. The molecule has 16 heavy (non-hydrogen) atoms. The summed E-state index contributed by atoms with van der Waals surface area (Å²) in [4.78, 5) is 8.05. The van der Waals surface area contributed by atoms with Crippen LogP contribution < -0.4 is 5.32 Å². The van der Waals surface area contributed by atoms with Crippen LogP contribution in [0.3, 0.4) is 0 Å². The highest BCUT2D eigenvalue weighted by atomic mass is 32.1. The van der Waals surface area contributed by atoms with Gasteiger partial charge in [-0.1, -0.05) is 6.92 Å². The average Bonchev–Trinajstić information content (AvgIpc) is 2.64. The second-order valence-corrected chi connectivity index (χ2v) is 5.10. The van der Waals surface area contributed by atoms with E-state index < -0.39 is 0 Å². The molecule has 0 saturated carbocycles. The Morgan fingerprint density at radius 2 is 2.25 bits per heavy atom. The van der Waals surface area contributed by atoms with Gasteiger partial charge >= 0.3 is 0 Å². The molecule has 0 aliphatic rings. The Morgan fingerprint density at radius 1 is 1.44 bits per heavy atom. The molecule has 0 aliphatic heterocycles. The predicted molar refractivity (Wildman–Crippen MR) is 71.0 cm³/mol. The Balaban J connectivity index is 2.11. The Bertz CT molecular complexity index is 286. The fourth-order valence-corrected chi connectivity index (χ4v) is 2.47. The van der Waals surface area contributed by atoms with Crippen LogP contribution in [0.2, 0.25) is 0 Å². The maximum atomic E-state index is 4.27. The highest BCUT2D eigenvalue weighted by Gasteiger charge is 2.04. The maximum absolute atomic E-state index is 4.27. The van der Waals surface area contributed by atoms with Crippen LogP contribution in [0.1, 0.15) is 30.3 Å². The van der Waals surface area contributed by atoms with Crippen molar-refractivity contribution in [1.29, 1.82) is 0 Å². The van der Waals surface area contributed by atoms with Crippen LogP contribution in [-0.2, 0) is 6.54 Å². The Morgan fingerprint density at radius 3 is 2.88 bits per heavy atom. The smallest absolute Gasteiger partial charge is 0.0798 e. The van der Waals surface area contributed by atoms with E-state index in [0.29, 0.717) is 0 Å². The Kier molecular flexibility index (Phi) is 6.61. The number of unbranched alkanes of at least 4 members (excludes halogenated alkanes) is 1. The summed E-state index contributed by atoms with van der Waals surface area (Å²) in [5, 5.41) is 3.35. The molecule has 4 heteroatoms. The third-order valence-corrected chi connectivity index (χ3v) is 3.57. The summed E-state index contributed by atoms with van der Waals surface area (Å²) < 4.78 is 0. The first-order valence-corrected chi connectivity index (χ1v) is 6.90. The lowest BCUT2D eigenvalue weighted by Crippen LogP contribution is -2.21. The molecule has 0 unspecified atom stereocenters. The topological polar surface area (TPSA) is 28.2 Å². The van der Waals surface area contributed by atoms with Crippen LogP contribution in [0, 0.1) is 6.92 Å². The maximum Gasteiger partial charge on any atom is 0.0798 e. The van der Waals surface area contributed by atoms with Gasteiger partial charge in [-0.15, -0.1) is 11.3 Å². The van der Waals surface area contributed by atoms with Crippen molar-refractivity contribution in [2.45, 2.75) is 33.2 Å². The first kappa shape index (κ1) is 13.6. The van der Waals surface area contributed by atoms with Gasteiger partial charge in [0.2, 0.25) is 0 Å². The summed E-state index contributed by atoms with van der Waals surface area (Å²) in [6.07, 6.45) is 2.53. The SMILES string of the molecule is CCNCCCCN(C)Cc1scnc1C. The molecule has 0 aliphatic carbocycles. The van der Waals surface area contributed by atoms with Gasteiger partial charge in [0.25, 0.3) is 0 Å². The van der Waals surface area contributed by atoms with Crippen molar-refractivity contribution >= 4 is 11.3 Å². The van der Waals surface area contributed by atoms with Gasteiger partial charge in [0.15, 0.2) is 0 Å². The number of hydrogen-bond acceptors (Lipinski definition) is 4. The Hall–Kier alpha value is -0.450. The molecule has 0 fully saturated rings. The van der Waals surface area contributed by atoms with Gasteiger partial charge in [0, 0.05) is 11.4 Å². The van der Waals surface area contributed by atoms with Gasteiger partial charge < -0.3 is 10.2 Å². The summed E-state index contributed by atoms with van der Waals surface area (Å²) in [6.45, 7) is 8.67. The van der Waals surface area contributed by atoms with Gasteiger partial charge in [-0.3, -0.25) is 0 Å². The molecule has 0 radical (unpaired) electrons. The molecule has 3 nitrogen and oxygen atoms in total. The van der Waals surface area contributed by atoms with Crippen molar-refractivity contribution < 1.29 is 0 Å². The van der Waals surface area contributed by atoms with Crippen LogP contribution in [-0.4, -0.2) is 36.6 Å². The Labute approximate surface area is 103 Å². The summed E-state index contributed by atoms with van der Waals surface area (Å²) in [6, 6.07) is 0. The zero-order valence-electron chi connectivity index (χ0n) is 10.6. The largest absolute Gasteiger partial charge is 0.317 e. The molecular weight excluding hydrogens is 218 g/mol. The number of nitrogens with one attached hydrogen (secondary N) is 1. The van der Waals surface area contributed by atoms with Gasteiger partial charge in [-0.25, -0.2) is 4.98 Å². The number of aromatic nitrogens is 1. The number of thiazole rings is 1. The second kappa shape index (κ2) is 7.76. The highest BCUT2D eigenvalue weighted by molar-refractivity contribution is 7.09. The fraction of sp³-hybridized carbons (Fsp3) is 0.750. The van der Waals surface area contributed by atoms with Crippen molar-refractivity contribution in [3.8, 4) is 0 Å². The van der Waals surface area contributed by atoms with E-state index in [-0.39, 0.29) is 0 Å². The molecule has 0 bridgehead atoms. The van der Waals surface area contributed by atoms with E-state index in [4.69, 9.17) is 0 Å². The van der Waals surface area contributed by atoms with Gasteiger partial charge in [-0.2, -0.15) is 0 Å². The number of nitrogens with zero attached hydrogens (tertiary/aromatic N) is 2. The van der Waals surface area contributed by atoms with E-state index in [1.807, 2.05) is 5.51 Å². The van der Waals surface area contributed by atoms with E-state index in [1.165, 1.54) is 30.0 Å². The zero-order valence-corrected chi connectivity index (χ0v) is 11.4. The number of hydrogen-bond donors (Lipinski definition) is 1. The normalized spacial score (nSPS) is 11.2. The monoisotopic (exact) mass is 241 g/mol. The minimum absolute atomic E-state index is 1.04. The lowest BCUT2D eigenvalue weighted by Gasteiger charge is -2.15. The number of aryl methyl sites for hydroxylation is 1. The number of rotatable bonds is 8.